The molecule has 0 radical (unpaired) electrons. The summed E-state index contributed by atoms with van der Waals surface area (Å²) in [4.78, 5) is 11.9. The molecule has 0 aliphatic heterocycles. The van der Waals surface area contributed by atoms with Crippen molar-refractivity contribution in [3.63, 3.8) is 0 Å². The van der Waals surface area contributed by atoms with E-state index in [1.54, 1.807) is 0 Å². The van der Waals surface area contributed by atoms with Crippen LogP contribution in [0.1, 0.15) is 24.5 Å². The maximum atomic E-state index is 11.9. The number of nitrogens with one attached hydrogen (secondary N) is 1. The molecule has 4 heteroatoms. The van der Waals surface area contributed by atoms with Crippen molar-refractivity contribution in [3.05, 3.63) is 29.3 Å². The molecule has 0 spiro atoms. The summed E-state index contributed by atoms with van der Waals surface area (Å²) in [6.07, 6.45) is 1.42. The number of alkyl halides is 2. The molecule has 1 amide bonds. The van der Waals surface area contributed by atoms with Gasteiger partial charge in [-0.15, -0.1) is 23.2 Å². The highest BCUT2D eigenvalue weighted by Crippen LogP contribution is 2.53. The lowest BCUT2D eigenvalue weighted by Gasteiger charge is -2.13. The first-order chi connectivity index (χ1) is 7.95. The Kier molecular flexibility index (Phi) is 3.37. The summed E-state index contributed by atoms with van der Waals surface area (Å²) in [5, 5.41) is 2.94. The van der Waals surface area contributed by atoms with Crippen molar-refractivity contribution in [1.82, 2.24) is 0 Å². The number of benzene rings is 1. The Labute approximate surface area is 111 Å². The lowest BCUT2D eigenvalue weighted by Crippen LogP contribution is -2.18. The SMILES string of the molecule is CCc1cccc(C)c1NC(=O)[C@H]1CC1(Cl)Cl. The molecule has 92 valence electrons. The van der Waals surface area contributed by atoms with Crippen molar-refractivity contribution in [2.24, 2.45) is 5.92 Å². The van der Waals surface area contributed by atoms with Gasteiger partial charge in [0.15, 0.2) is 0 Å². The van der Waals surface area contributed by atoms with E-state index in [0.717, 1.165) is 23.2 Å². The van der Waals surface area contributed by atoms with Crippen molar-refractivity contribution in [2.75, 3.05) is 5.32 Å². The molecule has 17 heavy (non-hydrogen) atoms. The van der Waals surface area contributed by atoms with Crippen LogP contribution in [0.2, 0.25) is 0 Å². The van der Waals surface area contributed by atoms with Gasteiger partial charge in [0.1, 0.15) is 4.33 Å². The van der Waals surface area contributed by atoms with Crippen molar-refractivity contribution in [3.8, 4) is 0 Å². The molecule has 2 nitrogen and oxygen atoms in total. The number of hydrogen-bond donors (Lipinski definition) is 1. The van der Waals surface area contributed by atoms with Gasteiger partial charge in [0, 0.05) is 5.69 Å². The summed E-state index contributed by atoms with van der Waals surface area (Å²) in [5.41, 5.74) is 3.10. The van der Waals surface area contributed by atoms with E-state index in [0.29, 0.717) is 6.42 Å². The number of anilines is 1. The molecule has 0 saturated heterocycles. The molecule has 1 aromatic carbocycles. The minimum atomic E-state index is -0.862. The first-order valence-electron chi connectivity index (χ1n) is 5.73. The summed E-state index contributed by atoms with van der Waals surface area (Å²) in [6.45, 7) is 4.05. The van der Waals surface area contributed by atoms with Crippen LogP contribution in [0, 0.1) is 12.8 Å². The predicted octanol–water partition coefficient (Wildman–Crippen LogP) is 3.69. The lowest BCUT2D eigenvalue weighted by molar-refractivity contribution is -0.117. The molecule has 1 fully saturated rings. The van der Waals surface area contributed by atoms with E-state index < -0.39 is 4.33 Å². The number of rotatable bonds is 3. The third-order valence-electron chi connectivity index (χ3n) is 3.13. The third-order valence-corrected chi connectivity index (χ3v) is 3.97. The van der Waals surface area contributed by atoms with Crippen molar-refractivity contribution >= 4 is 34.8 Å². The van der Waals surface area contributed by atoms with E-state index in [4.69, 9.17) is 23.2 Å². The van der Waals surface area contributed by atoms with E-state index in [1.807, 2.05) is 25.1 Å². The Bertz CT molecular complexity index is 457. The van der Waals surface area contributed by atoms with Crippen molar-refractivity contribution < 1.29 is 4.79 Å². The quantitative estimate of drug-likeness (QED) is 0.835. The normalized spacial score (nSPS) is 21.1. The van der Waals surface area contributed by atoms with Gasteiger partial charge >= 0.3 is 0 Å². The molecule has 1 N–H and O–H groups in total. The standard InChI is InChI=1S/C13H15Cl2NO/c1-3-9-6-4-5-8(2)11(9)16-12(17)10-7-13(10,14)15/h4-6,10H,3,7H2,1-2H3,(H,16,17)/t10-/m1/s1. The Balaban J connectivity index is 2.16. The number of carbonyl (C=O) groups is 1. The molecule has 0 bridgehead atoms. The molecule has 0 unspecified atom stereocenters. The molecular formula is C13H15Cl2NO. The highest BCUT2D eigenvalue weighted by Gasteiger charge is 2.56. The van der Waals surface area contributed by atoms with Gasteiger partial charge in [-0.25, -0.2) is 0 Å². The van der Waals surface area contributed by atoms with E-state index in [2.05, 4.69) is 12.2 Å². The summed E-state index contributed by atoms with van der Waals surface area (Å²) < 4.78 is -0.862. The van der Waals surface area contributed by atoms with E-state index in [1.165, 1.54) is 0 Å². The second kappa shape index (κ2) is 4.51. The fraction of sp³-hybridized carbons (Fsp3) is 0.462. The average molecular weight is 272 g/mol. The summed E-state index contributed by atoms with van der Waals surface area (Å²) in [5.74, 6) is -0.367. The van der Waals surface area contributed by atoms with Gasteiger partial charge < -0.3 is 5.32 Å². The Morgan fingerprint density at radius 2 is 2.18 bits per heavy atom. The molecular weight excluding hydrogens is 257 g/mol. The van der Waals surface area contributed by atoms with Crippen LogP contribution in [-0.2, 0) is 11.2 Å². The van der Waals surface area contributed by atoms with Gasteiger partial charge in [-0.1, -0.05) is 25.1 Å². The topological polar surface area (TPSA) is 29.1 Å². The first-order valence-corrected chi connectivity index (χ1v) is 6.48. The van der Waals surface area contributed by atoms with Crippen LogP contribution in [0.4, 0.5) is 5.69 Å². The Morgan fingerprint density at radius 3 is 2.71 bits per heavy atom. The van der Waals surface area contributed by atoms with Gasteiger partial charge in [0.25, 0.3) is 0 Å². The fourth-order valence-electron chi connectivity index (χ4n) is 1.91. The van der Waals surface area contributed by atoms with Gasteiger partial charge in [0.2, 0.25) is 5.91 Å². The second-order valence-electron chi connectivity index (χ2n) is 4.47. The van der Waals surface area contributed by atoms with Crippen molar-refractivity contribution in [2.45, 2.75) is 31.0 Å². The van der Waals surface area contributed by atoms with Crippen LogP contribution in [-0.4, -0.2) is 10.2 Å². The van der Waals surface area contributed by atoms with Crippen LogP contribution in [0.5, 0.6) is 0 Å². The first kappa shape index (κ1) is 12.7. The molecule has 1 atom stereocenters. The van der Waals surface area contributed by atoms with Crippen LogP contribution >= 0.6 is 23.2 Å². The number of amides is 1. The largest absolute Gasteiger partial charge is 0.325 e. The molecule has 0 heterocycles. The van der Waals surface area contributed by atoms with Crippen LogP contribution in [0.25, 0.3) is 0 Å². The lowest BCUT2D eigenvalue weighted by atomic mass is 10.1. The van der Waals surface area contributed by atoms with Gasteiger partial charge in [0.05, 0.1) is 5.92 Å². The molecule has 0 aromatic heterocycles. The fourth-order valence-corrected chi connectivity index (χ4v) is 2.42. The summed E-state index contributed by atoms with van der Waals surface area (Å²) in [6, 6.07) is 5.99. The van der Waals surface area contributed by atoms with Crippen LogP contribution < -0.4 is 5.32 Å². The number of carbonyl (C=O) groups excluding carboxylic acids is 1. The zero-order valence-electron chi connectivity index (χ0n) is 9.89. The minimum absolute atomic E-state index is 0.0843. The summed E-state index contributed by atoms with van der Waals surface area (Å²) in [7, 11) is 0. The third kappa shape index (κ3) is 2.58. The predicted molar refractivity (Wildman–Crippen MR) is 71.7 cm³/mol. The molecule has 2 rings (SSSR count). The van der Waals surface area contributed by atoms with Gasteiger partial charge in [-0.2, -0.15) is 0 Å². The zero-order valence-corrected chi connectivity index (χ0v) is 11.4. The Morgan fingerprint density at radius 1 is 1.53 bits per heavy atom. The van der Waals surface area contributed by atoms with Crippen LogP contribution in [0.15, 0.2) is 18.2 Å². The Hall–Kier alpha value is -0.730. The maximum Gasteiger partial charge on any atom is 0.230 e. The number of aryl methyl sites for hydroxylation is 2. The average Bonchev–Trinajstić information content (AvgIpc) is 2.91. The van der Waals surface area contributed by atoms with Crippen molar-refractivity contribution in [1.29, 1.82) is 0 Å². The second-order valence-corrected chi connectivity index (χ2v) is 6.01. The summed E-state index contributed by atoms with van der Waals surface area (Å²) >= 11 is 11.8. The molecule has 1 aromatic rings. The number of halogens is 2. The number of para-hydroxylation sites is 1. The minimum Gasteiger partial charge on any atom is -0.325 e. The number of hydrogen-bond acceptors (Lipinski definition) is 1. The monoisotopic (exact) mass is 271 g/mol. The molecule has 1 aliphatic rings. The van der Waals surface area contributed by atoms with Crippen LogP contribution in [0.3, 0.4) is 0 Å². The van der Waals surface area contributed by atoms with E-state index >= 15 is 0 Å². The highest BCUT2D eigenvalue weighted by atomic mass is 35.5. The van der Waals surface area contributed by atoms with E-state index in [9.17, 15) is 4.79 Å². The highest BCUT2D eigenvalue weighted by molar-refractivity contribution is 6.52. The maximum absolute atomic E-state index is 11.9. The molecule has 1 saturated carbocycles. The molecule has 1 aliphatic carbocycles. The van der Waals surface area contributed by atoms with Gasteiger partial charge in [-0.3, -0.25) is 4.79 Å². The van der Waals surface area contributed by atoms with Gasteiger partial charge in [-0.05, 0) is 30.9 Å². The van der Waals surface area contributed by atoms with E-state index in [-0.39, 0.29) is 11.8 Å². The zero-order chi connectivity index (χ0) is 12.6. The smallest absolute Gasteiger partial charge is 0.230 e.